The second-order valence-corrected chi connectivity index (χ2v) is 7.50. The molecule has 0 fully saturated rings. The SMILES string of the molecule is CC(C)CN(C)S(=O)(=O)CCCCNC(C)C. The quantitative estimate of drug-likeness (QED) is 0.645. The molecular weight excluding hydrogens is 236 g/mol. The molecule has 0 bridgehead atoms. The molecule has 0 amide bonds. The van der Waals surface area contributed by atoms with E-state index in [1.54, 1.807) is 7.05 Å². The van der Waals surface area contributed by atoms with Crippen LogP contribution in [0, 0.1) is 5.92 Å². The lowest BCUT2D eigenvalue weighted by Crippen LogP contribution is -2.32. The van der Waals surface area contributed by atoms with Crippen molar-refractivity contribution in [2.75, 3.05) is 25.9 Å². The second-order valence-electron chi connectivity index (χ2n) is 5.31. The highest BCUT2D eigenvalue weighted by Gasteiger charge is 2.17. The Bertz CT molecular complexity index is 287. The molecule has 104 valence electrons. The molecule has 17 heavy (non-hydrogen) atoms. The molecule has 0 aliphatic rings. The fourth-order valence-electron chi connectivity index (χ4n) is 1.58. The first-order valence-electron chi connectivity index (χ1n) is 6.43. The fourth-order valence-corrected chi connectivity index (χ4v) is 2.99. The summed E-state index contributed by atoms with van der Waals surface area (Å²) in [7, 11) is -1.38. The first kappa shape index (κ1) is 16.9. The van der Waals surface area contributed by atoms with Gasteiger partial charge in [0.05, 0.1) is 5.75 Å². The summed E-state index contributed by atoms with van der Waals surface area (Å²) in [5.41, 5.74) is 0. The van der Waals surface area contributed by atoms with Crippen molar-refractivity contribution in [2.45, 2.75) is 46.6 Å². The van der Waals surface area contributed by atoms with Gasteiger partial charge in [-0.2, -0.15) is 0 Å². The molecule has 0 atom stereocenters. The number of nitrogens with zero attached hydrogens (tertiary/aromatic N) is 1. The first-order chi connectivity index (χ1) is 7.75. The molecule has 0 aromatic rings. The van der Waals surface area contributed by atoms with Gasteiger partial charge in [0.15, 0.2) is 0 Å². The van der Waals surface area contributed by atoms with Gasteiger partial charge in [-0.05, 0) is 25.3 Å². The second kappa shape index (κ2) is 8.06. The molecule has 1 N–H and O–H groups in total. The van der Waals surface area contributed by atoms with Crippen LogP contribution < -0.4 is 5.32 Å². The molecule has 0 radical (unpaired) electrons. The minimum absolute atomic E-state index is 0.260. The van der Waals surface area contributed by atoms with Crippen molar-refractivity contribution < 1.29 is 8.42 Å². The lowest BCUT2D eigenvalue weighted by Gasteiger charge is -2.19. The van der Waals surface area contributed by atoms with Gasteiger partial charge in [0.1, 0.15) is 0 Å². The number of unbranched alkanes of at least 4 members (excludes halogenated alkanes) is 1. The zero-order chi connectivity index (χ0) is 13.5. The van der Waals surface area contributed by atoms with E-state index >= 15 is 0 Å². The van der Waals surface area contributed by atoms with Gasteiger partial charge in [-0.1, -0.05) is 27.7 Å². The van der Waals surface area contributed by atoms with Crippen LogP contribution in [0.15, 0.2) is 0 Å². The van der Waals surface area contributed by atoms with Crippen LogP contribution in [-0.4, -0.2) is 44.7 Å². The van der Waals surface area contributed by atoms with E-state index in [-0.39, 0.29) is 5.75 Å². The number of hydrogen-bond acceptors (Lipinski definition) is 3. The smallest absolute Gasteiger partial charge is 0.213 e. The number of nitrogens with one attached hydrogen (secondary N) is 1. The molecule has 0 saturated heterocycles. The molecule has 0 unspecified atom stereocenters. The van der Waals surface area contributed by atoms with Gasteiger partial charge in [-0.3, -0.25) is 0 Å². The summed E-state index contributed by atoms with van der Waals surface area (Å²) in [6, 6.07) is 0.468. The van der Waals surface area contributed by atoms with Gasteiger partial charge in [0.2, 0.25) is 10.0 Å². The van der Waals surface area contributed by atoms with Crippen LogP contribution in [-0.2, 0) is 10.0 Å². The van der Waals surface area contributed by atoms with Crippen LogP contribution >= 0.6 is 0 Å². The van der Waals surface area contributed by atoms with Gasteiger partial charge in [0.25, 0.3) is 0 Å². The van der Waals surface area contributed by atoms with Crippen LogP contribution in [0.3, 0.4) is 0 Å². The number of hydrogen-bond donors (Lipinski definition) is 1. The number of sulfonamides is 1. The summed E-state index contributed by atoms with van der Waals surface area (Å²) in [5.74, 6) is 0.632. The van der Waals surface area contributed by atoms with Gasteiger partial charge < -0.3 is 5.32 Å². The molecular formula is C12H28N2O2S. The lowest BCUT2D eigenvalue weighted by molar-refractivity contribution is 0.416. The van der Waals surface area contributed by atoms with Crippen molar-refractivity contribution in [3.05, 3.63) is 0 Å². The molecule has 0 saturated carbocycles. The van der Waals surface area contributed by atoms with E-state index in [2.05, 4.69) is 19.2 Å². The molecule has 0 heterocycles. The average Bonchev–Trinajstić information content (AvgIpc) is 2.15. The molecule has 5 heteroatoms. The maximum Gasteiger partial charge on any atom is 0.213 e. The Labute approximate surface area is 107 Å². The highest BCUT2D eigenvalue weighted by atomic mass is 32.2. The lowest BCUT2D eigenvalue weighted by atomic mass is 10.2. The van der Waals surface area contributed by atoms with E-state index in [0.717, 1.165) is 19.4 Å². The number of rotatable bonds is 9. The Kier molecular flexibility index (Phi) is 8.00. The Morgan fingerprint density at radius 3 is 2.18 bits per heavy atom. The minimum atomic E-state index is -3.05. The maximum absolute atomic E-state index is 11.9. The van der Waals surface area contributed by atoms with E-state index in [1.807, 2.05) is 13.8 Å². The van der Waals surface area contributed by atoms with Crippen molar-refractivity contribution in [3.8, 4) is 0 Å². The van der Waals surface area contributed by atoms with Crippen LogP contribution in [0.25, 0.3) is 0 Å². The van der Waals surface area contributed by atoms with Crippen molar-refractivity contribution in [3.63, 3.8) is 0 Å². The molecule has 4 nitrogen and oxygen atoms in total. The molecule has 0 aromatic carbocycles. The van der Waals surface area contributed by atoms with Gasteiger partial charge in [-0.25, -0.2) is 12.7 Å². The van der Waals surface area contributed by atoms with Crippen molar-refractivity contribution in [1.29, 1.82) is 0 Å². The van der Waals surface area contributed by atoms with Crippen LogP contribution in [0.5, 0.6) is 0 Å². The zero-order valence-corrected chi connectivity index (χ0v) is 12.7. The average molecular weight is 264 g/mol. The summed E-state index contributed by atoms with van der Waals surface area (Å²) in [6.07, 6.45) is 1.64. The maximum atomic E-state index is 11.9. The molecule has 0 aromatic heterocycles. The molecule has 0 aliphatic carbocycles. The largest absolute Gasteiger partial charge is 0.315 e. The van der Waals surface area contributed by atoms with Gasteiger partial charge in [0, 0.05) is 19.6 Å². The summed E-state index contributed by atoms with van der Waals surface area (Å²) in [4.78, 5) is 0. The highest BCUT2D eigenvalue weighted by Crippen LogP contribution is 2.05. The van der Waals surface area contributed by atoms with Crippen molar-refractivity contribution in [1.82, 2.24) is 9.62 Å². The Morgan fingerprint density at radius 1 is 1.12 bits per heavy atom. The van der Waals surface area contributed by atoms with E-state index in [1.165, 1.54) is 4.31 Å². The minimum Gasteiger partial charge on any atom is -0.315 e. The standard InChI is InChI=1S/C12H28N2O2S/c1-11(2)10-14(5)17(15,16)9-7-6-8-13-12(3)4/h11-13H,6-10H2,1-5H3. The predicted octanol–water partition coefficient (Wildman–Crippen LogP) is 1.68. The van der Waals surface area contributed by atoms with E-state index in [9.17, 15) is 8.42 Å². The zero-order valence-electron chi connectivity index (χ0n) is 11.9. The summed E-state index contributed by atoms with van der Waals surface area (Å²) in [6.45, 7) is 9.73. The summed E-state index contributed by atoms with van der Waals surface area (Å²) >= 11 is 0. The van der Waals surface area contributed by atoms with Crippen LogP contribution in [0.1, 0.15) is 40.5 Å². The van der Waals surface area contributed by atoms with Gasteiger partial charge >= 0.3 is 0 Å². The van der Waals surface area contributed by atoms with E-state index < -0.39 is 10.0 Å². The Morgan fingerprint density at radius 2 is 1.71 bits per heavy atom. The third-order valence-corrected chi connectivity index (χ3v) is 4.38. The fraction of sp³-hybridized carbons (Fsp3) is 1.00. The van der Waals surface area contributed by atoms with Crippen LogP contribution in [0.4, 0.5) is 0 Å². The Hall–Kier alpha value is -0.130. The third kappa shape index (κ3) is 8.57. The summed E-state index contributed by atoms with van der Waals surface area (Å²) in [5, 5.41) is 3.28. The van der Waals surface area contributed by atoms with Gasteiger partial charge in [-0.15, -0.1) is 0 Å². The van der Waals surface area contributed by atoms with Crippen LogP contribution in [0.2, 0.25) is 0 Å². The third-order valence-electron chi connectivity index (χ3n) is 2.48. The molecule has 0 spiro atoms. The monoisotopic (exact) mass is 264 g/mol. The highest BCUT2D eigenvalue weighted by molar-refractivity contribution is 7.89. The predicted molar refractivity (Wildman–Crippen MR) is 73.6 cm³/mol. The Balaban J connectivity index is 3.86. The first-order valence-corrected chi connectivity index (χ1v) is 8.04. The summed E-state index contributed by atoms with van der Waals surface area (Å²) < 4.78 is 25.2. The van der Waals surface area contributed by atoms with E-state index in [0.29, 0.717) is 18.5 Å². The normalized spacial score (nSPS) is 12.9. The topological polar surface area (TPSA) is 49.4 Å². The van der Waals surface area contributed by atoms with E-state index in [4.69, 9.17) is 0 Å². The molecule has 0 rings (SSSR count). The molecule has 0 aliphatic heterocycles. The van der Waals surface area contributed by atoms with Crippen molar-refractivity contribution >= 4 is 10.0 Å². The van der Waals surface area contributed by atoms with Crippen molar-refractivity contribution in [2.24, 2.45) is 5.92 Å².